The zero-order valence-corrected chi connectivity index (χ0v) is 17.8. The van der Waals surface area contributed by atoms with Crippen LogP contribution in [0.5, 0.6) is 0 Å². The third kappa shape index (κ3) is 6.07. The SMILES string of the molecule is CC(=O)Nc1cc(NC(=O)N(C)CC(=O)Nc2c(C)cc(C)cc2C)ccc1C. The van der Waals surface area contributed by atoms with Crippen LogP contribution >= 0.6 is 0 Å². The Hall–Kier alpha value is -3.35. The lowest BCUT2D eigenvalue weighted by Crippen LogP contribution is -2.37. The van der Waals surface area contributed by atoms with Gasteiger partial charge in [0.15, 0.2) is 0 Å². The van der Waals surface area contributed by atoms with Crippen molar-refractivity contribution in [2.45, 2.75) is 34.6 Å². The predicted molar refractivity (Wildman–Crippen MR) is 116 cm³/mol. The van der Waals surface area contributed by atoms with Gasteiger partial charge in [-0.25, -0.2) is 4.79 Å². The second-order valence-corrected chi connectivity index (χ2v) is 7.32. The molecule has 0 radical (unpaired) electrons. The number of likely N-dealkylation sites (N-methyl/N-ethyl adjacent to an activating group) is 1. The van der Waals surface area contributed by atoms with Crippen LogP contribution in [0.15, 0.2) is 30.3 Å². The summed E-state index contributed by atoms with van der Waals surface area (Å²) in [5.41, 5.74) is 5.90. The van der Waals surface area contributed by atoms with E-state index in [0.717, 1.165) is 27.9 Å². The fourth-order valence-electron chi connectivity index (χ4n) is 3.09. The molecule has 0 aliphatic rings. The lowest BCUT2D eigenvalue weighted by atomic mass is 10.1. The Morgan fingerprint density at radius 1 is 0.862 bits per heavy atom. The van der Waals surface area contributed by atoms with E-state index in [-0.39, 0.29) is 18.4 Å². The number of nitrogens with zero attached hydrogens (tertiary/aromatic N) is 1. The maximum atomic E-state index is 12.4. The molecule has 29 heavy (non-hydrogen) atoms. The van der Waals surface area contributed by atoms with Crippen molar-refractivity contribution < 1.29 is 14.4 Å². The van der Waals surface area contributed by atoms with E-state index in [1.807, 2.05) is 39.8 Å². The molecular formula is C22H28N4O3. The number of benzene rings is 2. The number of amides is 4. The number of hydrogen-bond acceptors (Lipinski definition) is 3. The van der Waals surface area contributed by atoms with E-state index >= 15 is 0 Å². The summed E-state index contributed by atoms with van der Waals surface area (Å²) < 4.78 is 0. The van der Waals surface area contributed by atoms with Gasteiger partial charge in [-0.05, 0) is 56.5 Å². The zero-order valence-electron chi connectivity index (χ0n) is 17.8. The molecule has 0 saturated carbocycles. The third-order valence-electron chi connectivity index (χ3n) is 4.47. The first kappa shape index (κ1) is 21.9. The van der Waals surface area contributed by atoms with Crippen LogP contribution in [-0.4, -0.2) is 36.3 Å². The second kappa shape index (κ2) is 9.23. The van der Waals surface area contributed by atoms with E-state index in [0.29, 0.717) is 11.4 Å². The van der Waals surface area contributed by atoms with Crippen LogP contribution in [0.2, 0.25) is 0 Å². The molecule has 0 spiro atoms. The maximum Gasteiger partial charge on any atom is 0.322 e. The van der Waals surface area contributed by atoms with Crippen LogP contribution in [0, 0.1) is 27.7 Å². The van der Waals surface area contributed by atoms with E-state index in [2.05, 4.69) is 16.0 Å². The van der Waals surface area contributed by atoms with Crippen molar-refractivity contribution >= 4 is 34.9 Å². The van der Waals surface area contributed by atoms with Gasteiger partial charge in [-0.15, -0.1) is 0 Å². The van der Waals surface area contributed by atoms with E-state index in [9.17, 15) is 14.4 Å². The molecule has 3 N–H and O–H groups in total. The topological polar surface area (TPSA) is 90.5 Å². The molecule has 0 saturated heterocycles. The summed E-state index contributed by atoms with van der Waals surface area (Å²) in [5, 5.41) is 8.35. The van der Waals surface area contributed by atoms with Crippen molar-refractivity contribution in [1.29, 1.82) is 0 Å². The monoisotopic (exact) mass is 396 g/mol. The van der Waals surface area contributed by atoms with Crippen molar-refractivity contribution in [3.8, 4) is 0 Å². The van der Waals surface area contributed by atoms with Crippen LogP contribution in [0.3, 0.4) is 0 Å². The Morgan fingerprint density at radius 3 is 2.07 bits per heavy atom. The Morgan fingerprint density at radius 2 is 1.48 bits per heavy atom. The molecule has 0 aromatic heterocycles. The fourth-order valence-corrected chi connectivity index (χ4v) is 3.09. The Balaban J connectivity index is 2.00. The summed E-state index contributed by atoms with van der Waals surface area (Å²) in [4.78, 5) is 37.4. The van der Waals surface area contributed by atoms with Crippen molar-refractivity contribution in [3.63, 3.8) is 0 Å². The molecule has 0 aliphatic heterocycles. The average Bonchev–Trinajstić information content (AvgIpc) is 2.60. The number of aryl methyl sites for hydroxylation is 4. The number of rotatable bonds is 5. The lowest BCUT2D eigenvalue weighted by Gasteiger charge is -2.19. The van der Waals surface area contributed by atoms with Gasteiger partial charge in [0.1, 0.15) is 6.54 Å². The van der Waals surface area contributed by atoms with Crippen molar-refractivity contribution in [2.75, 3.05) is 29.5 Å². The van der Waals surface area contributed by atoms with Crippen LogP contribution < -0.4 is 16.0 Å². The van der Waals surface area contributed by atoms with Crippen LogP contribution in [0.25, 0.3) is 0 Å². The largest absolute Gasteiger partial charge is 0.326 e. The normalized spacial score (nSPS) is 10.3. The Kier molecular flexibility index (Phi) is 6.98. The van der Waals surface area contributed by atoms with E-state index in [4.69, 9.17) is 0 Å². The van der Waals surface area contributed by atoms with Gasteiger partial charge in [0.25, 0.3) is 0 Å². The van der Waals surface area contributed by atoms with Gasteiger partial charge in [0, 0.05) is 31.0 Å². The highest BCUT2D eigenvalue weighted by molar-refractivity contribution is 5.98. The average molecular weight is 396 g/mol. The molecule has 7 nitrogen and oxygen atoms in total. The van der Waals surface area contributed by atoms with Crippen molar-refractivity contribution in [2.24, 2.45) is 0 Å². The van der Waals surface area contributed by atoms with Gasteiger partial charge in [-0.2, -0.15) is 0 Å². The molecule has 0 atom stereocenters. The zero-order chi connectivity index (χ0) is 21.7. The van der Waals surface area contributed by atoms with Crippen LogP contribution in [0.4, 0.5) is 21.9 Å². The molecule has 2 aromatic rings. The molecule has 0 aliphatic carbocycles. The smallest absolute Gasteiger partial charge is 0.322 e. The molecule has 0 heterocycles. The third-order valence-corrected chi connectivity index (χ3v) is 4.47. The van der Waals surface area contributed by atoms with E-state index < -0.39 is 6.03 Å². The predicted octanol–water partition coefficient (Wildman–Crippen LogP) is 3.98. The Bertz CT molecular complexity index is 930. The fraction of sp³-hybridized carbons (Fsp3) is 0.318. The summed E-state index contributed by atoms with van der Waals surface area (Å²) >= 11 is 0. The summed E-state index contributed by atoms with van der Waals surface area (Å²) in [6, 6.07) is 8.81. The summed E-state index contributed by atoms with van der Waals surface area (Å²) in [7, 11) is 1.55. The Labute approximate surface area is 171 Å². The number of urea groups is 1. The highest BCUT2D eigenvalue weighted by atomic mass is 16.2. The highest BCUT2D eigenvalue weighted by Gasteiger charge is 2.15. The van der Waals surface area contributed by atoms with Gasteiger partial charge in [0.2, 0.25) is 11.8 Å². The minimum absolute atomic E-state index is 0.0942. The molecule has 2 aromatic carbocycles. The molecule has 0 bridgehead atoms. The van der Waals surface area contributed by atoms with Gasteiger partial charge >= 0.3 is 6.03 Å². The highest BCUT2D eigenvalue weighted by Crippen LogP contribution is 2.22. The summed E-state index contributed by atoms with van der Waals surface area (Å²) in [5.74, 6) is -0.465. The second-order valence-electron chi connectivity index (χ2n) is 7.32. The molecule has 0 fully saturated rings. The molecule has 7 heteroatoms. The van der Waals surface area contributed by atoms with Crippen LogP contribution in [-0.2, 0) is 9.59 Å². The van der Waals surface area contributed by atoms with E-state index in [1.54, 1.807) is 25.2 Å². The van der Waals surface area contributed by atoms with Crippen LogP contribution in [0.1, 0.15) is 29.2 Å². The molecule has 0 unspecified atom stereocenters. The number of nitrogens with one attached hydrogen (secondary N) is 3. The molecule has 154 valence electrons. The molecule has 4 amide bonds. The molecule has 2 rings (SSSR count). The number of hydrogen-bond donors (Lipinski definition) is 3. The van der Waals surface area contributed by atoms with Crippen molar-refractivity contribution in [3.05, 3.63) is 52.6 Å². The summed E-state index contributed by atoms with van der Waals surface area (Å²) in [6.07, 6.45) is 0. The lowest BCUT2D eigenvalue weighted by molar-refractivity contribution is -0.116. The van der Waals surface area contributed by atoms with Gasteiger partial charge < -0.3 is 20.9 Å². The first-order valence-electron chi connectivity index (χ1n) is 9.35. The number of carbonyl (C=O) groups is 3. The van der Waals surface area contributed by atoms with Gasteiger partial charge in [0.05, 0.1) is 0 Å². The quantitative estimate of drug-likeness (QED) is 0.714. The summed E-state index contributed by atoms with van der Waals surface area (Å²) in [6.45, 7) is 9.08. The van der Waals surface area contributed by atoms with E-state index in [1.165, 1.54) is 11.8 Å². The maximum absolute atomic E-state index is 12.4. The number of carbonyl (C=O) groups excluding carboxylic acids is 3. The van der Waals surface area contributed by atoms with Gasteiger partial charge in [-0.3, -0.25) is 9.59 Å². The van der Waals surface area contributed by atoms with Crippen molar-refractivity contribution in [1.82, 2.24) is 4.90 Å². The first-order valence-corrected chi connectivity index (χ1v) is 9.35. The van der Waals surface area contributed by atoms with Gasteiger partial charge in [-0.1, -0.05) is 23.8 Å². The first-order chi connectivity index (χ1) is 13.6. The number of anilines is 3. The molecular weight excluding hydrogens is 368 g/mol. The minimum atomic E-state index is -0.421. The minimum Gasteiger partial charge on any atom is -0.326 e. The standard InChI is InChI=1S/C22H28N4O3/c1-13-9-15(3)21(16(4)10-13)25-20(28)12-26(6)22(29)24-18-8-7-14(2)19(11-18)23-17(5)27/h7-11H,12H2,1-6H3,(H,23,27)(H,24,29)(H,25,28).